The summed E-state index contributed by atoms with van der Waals surface area (Å²) in [6.07, 6.45) is -1.64. The molecule has 3 amide bonds. The number of aliphatic carboxylic acids is 1. The molecule has 0 aromatic heterocycles. The highest BCUT2D eigenvalue weighted by Crippen LogP contribution is 1.94. The molecule has 1 aliphatic heterocycles. The van der Waals surface area contributed by atoms with Crippen molar-refractivity contribution in [2.75, 3.05) is 26.2 Å². The third kappa shape index (κ3) is 3.39. The third-order valence-corrected chi connectivity index (χ3v) is 2.06. The van der Waals surface area contributed by atoms with E-state index in [2.05, 4.69) is 10.6 Å². The lowest BCUT2D eigenvalue weighted by Crippen LogP contribution is -2.54. The van der Waals surface area contributed by atoms with E-state index in [-0.39, 0.29) is 19.0 Å². The number of aliphatic hydroxyl groups is 1. The number of hydrogen-bond acceptors (Lipinski definition) is 4. The predicted molar refractivity (Wildman–Crippen MR) is 51.6 cm³/mol. The maximum Gasteiger partial charge on any atom is 0.334 e. The molecule has 0 radical (unpaired) electrons. The second-order valence-electron chi connectivity index (χ2n) is 3.31. The maximum atomic E-state index is 11.4. The van der Waals surface area contributed by atoms with Crippen molar-refractivity contribution in [1.82, 2.24) is 15.5 Å². The molecule has 0 aromatic carbocycles. The molecule has 0 saturated carbocycles. The van der Waals surface area contributed by atoms with Crippen molar-refractivity contribution in [3.63, 3.8) is 0 Å². The number of carboxylic acid groups (broad SMARTS) is 1. The van der Waals surface area contributed by atoms with E-state index in [9.17, 15) is 14.4 Å². The van der Waals surface area contributed by atoms with Gasteiger partial charge >= 0.3 is 12.0 Å². The van der Waals surface area contributed by atoms with E-state index in [0.29, 0.717) is 13.1 Å². The molecule has 1 atom stereocenters. The highest BCUT2D eigenvalue weighted by Gasteiger charge is 2.22. The Morgan fingerprint density at radius 3 is 2.81 bits per heavy atom. The Hall–Kier alpha value is -1.83. The quantitative estimate of drug-likeness (QED) is 0.430. The van der Waals surface area contributed by atoms with Crippen LogP contribution in [0.5, 0.6) is 0 Å². The molecule has 1 rings (SSSR count). The topological polar surface area (TPSA) is 119 Å². The molecule has 0 bridgehead atoms. The molecule has 0 spiro atoms. The fourth-order valence-corrected chi connectivity index (χ4v) is 1.20. The predicted octanol–water partition coefficient (Wildman–Crippen LogP) is -2.43. The largest absolute Gasteiger partial charge is 0.479 e. The second-order valence-corrected chi connectivity index (χ2v) is 3.31. The minimum atomic E-state index is -1.64. The summed E-state index contributed by atoms with van der Waals surface area (Å²) in [6.45, 7) is 0.287. The summed E-state index contributed by atoms with van der Waals surface area (Å²) < 4.78 is 0. The van der Waals surface area contributed by atoms with Crippen LogP contribution < -0.4 is 10.6 Å². The van der Waals surface area contributed by atoms with Gasteiger partial charge in [0.2, 0.25) is 5.91 Å². The maximum absolute atomic E-state index is 11.4. The second kappa shape index (κ2) is 5.31. The number of carbonyl (C=O) groups is 3. The number of hydrogen-bond donors (Lipinski definition) is 4. The fraction of sp³-hybridized carbons (Fsp3) is 0.625. The van der Waals surface area contributed by atoms with Crippen molar-refractivity contribution >= 4 is 17.9 Å². The smallest absolute Gasteiger partial charge is 0.334 e. The number of nitrogens with one attached hydrogen (secondary N) is 2. The van der Waals surface area contributed by atoms with Gasteiger partial charge in [-0.15, -0.1) is 0 Å². The van der Waals surface area contributed by atoms with Crippen LogP contribution in [-0.4, -0.2) is 65.3 Å². The van der Waals surface area contributed by atoms with Gasteiger partial charge in [-0.2, -0.15) is 0 Å². The number of carboxylic acids is 1. The van der Waals surface area contributed by atoms with Crippen molar-refractivity contribution in [2.45, 2.75) is 6.10 Å². The summed E-state index contributed by atoms with van der Waals surface area (Å²) in [6, 6.07) is -0.560. The first-order valence-corrected chi connectivity index (χ1v) is 4.71. The molecule has 1 aliphatic rings. The molecule has 8 nitrogen and oxygen atoms in total. The number of urea groups is 1. The van der Waals surface area contributed by atoms with E-state index in [1.807, 2.05) is 0 Å². The molecule has 8 heteroatoms. The molecular weight excluding hydrogens is 218 g/mol. The average molecular weight is 231 g/mol. The highest BCUT2D eigenvalue weighted by atomic mass is 16.4. The van der Waals surface area contributed by atoms with Crippen LogP contribution >= 0.6 is 0 Å². The van der Waals surface area contributed by atoms with Crippen LogP contribution in [0.1, 0.15) is 0 Å². The lowest BCUT2D eigenvalue weighted by molar-refractivity contribution is -0.146. The SMILES string of the molecule is O=C1CN(C(=O)NCC(O)C(=O)O)CCN1. The Labute approximate surface area is 91.2 Å². The van der Waals surface area contributed by atoms with Crippen LogP contribution in [0.25, 0.3) is 0 Å². The van der Waals surface area contributed by atoms with Crippen molar-refractivity contribution < 1.29 is 24.6 Å². The first kappa shape index (κ1) is 12.2. The Morgan fingerprint density at radius 1 is 1.56 bits per heavy atom. The normalized spacial score (nSPS) is 17.6. The lowest BCUT2D eigenvalue weighted by atomic mass is 10.3. The summed E-state index contributed by atoms with van der Waals surface area (Å²) in [7, 11) is 0. The highest BCUT2D eigenvalue weighted by molar-refractivity contribution is 5.85. The Morgan fingerprint density at radius 2 is 2.25 bits per heavy atom. The van der Waals surface area contributed by atoms with Gasteiger partial charge in [0, 0.05) is 13.1 Å². The summed E-state index contributed by atoms with van der Waals surface area (Å²) in [5, 5.41) is 22.1. The van der Waals surface area contributed by atoms with Gasteiger partial charge in [0.25, 0.3) is 0 Å². The summed E-state index contributed by atoms with van der Waals surface area (Å²) >= 11 is 0. The molecule has 16 heavy (non-hydrogen) atoms. The number of piperazine rings is 1. The van der Waals surface area contributed by atoms with Gasteiger partial charge in [-0.05, 0) is 0 Å². The Bertz CT molecular complexity index is 306. The standard InChI is InChI=1S/C8H13N3O5/c12-5(7(14)15)3-10-8(16)11-2-1-9-6(13)4-11/h5,12H,1-4H2,(H,9,13)(H,10,16)(H,14,15). The molecule has 1 fully saturated rings. The van der Waals surface area contributed by atoms with Gasteiger partial charge in [-0.1, -0.05) is 0 Å². The van der Waals surface area contributed by atoms with E-state index >= 15 is 0 Å². The molecule has 4 N–H and O–H groups in total. The molecule has 90 valence electrons. The zero-order valence-corrected chi connectivity index (χ0v) is 8.47. The Kier molecular flexibility index (Phi) is 4.06. The van der Waals surface area contributed by atoms with Gasteiger partial charge in [0.05, 0.1) is 6.54 Å². The minimum Gasteiger partial charge on any atom is -0.479 e. The summed E-state index contributed by atoms with van der Waals surface area (Å²) in [5.41, 5.74) is 0. The van der Waals surface area contributed by atoms with Crippen LogP contribution in [-0.2, 0) is 9.59 Å². The Balaban J connectivity index is 2.34. The van der Waals surface area contributed by atoms with Gasteiger partial charge in [0.1, 0.15) is 6.54 Å². The van der Waals surface area contributed by atoms with E-state index in [1.165, 1.54) is 4.90 Å². The van der Waals surface area contributed by atoms with Crippen LogP contribution in [0.4, 0.5) is 4.79 Å². The first-order valence-electron chi connectivity index (χ1n) is 4.71. The van der Waals surface area contributed by atoms with Crippen LogP contribution in [0, 0.1) is 0 Å². The van der Waals surface area contributed by atoms with Crippen LogP contribution in [0.15, 0.2) is 0 Å². The van der Waals surface area contributed by atoms with Crippen LogP contribution in [0.2, 0.25) is 0 Å². The van der Waals surface area contributed by atoms with E-state index in [1.54, 1.807) is 0 Å². The zero-order valence-electron chi connectivity index (χ0n) is 8.47. The van der Waals surface area contributed by atoms with E-state index in [0.717, 1.165) is 0 Å². The molecule has 1 heterocycles. The van der Waals surface area contributed by atoms with Crippen molar-refractivity contribution in [3.8, 4) is 0 Å². The molecular formula is C8H13N3O5. The van der Waals surface area contributed by atoms with Gasteiger partial charge in [0.15, 0.2) is 6.10 Å². The van der Waals surface area contributed by atoms with Gasteiger partial charge < -0.3 is 25.7 Å². The third-order valence-electron chi connectivity index (χ3n) is 2.06. The number of amides is 3. The summed E-state index contributed by atoms with van der Waals surface area (Å²) in [5.74, 6) is -1.67. The number of nitrogens with zero attached hydrogens (tertiary/aromatic N) is 1. The molecule has 1 saturated heterocycles. The molecule has 1 unspecified atom stereocenters. The molecule has 0 aliphatic carbocycles. The number of aliphatic hydroxyl groups excluding tert-OH is 1. The van der Waals surface area contributed by atoms with Crippen molar-refractivity contribution in [1.29, 1.82) is 0 Å². The van der Waals surface area contributed by atoms with E-state index < -0.39 is 18.1 Å². The van der Waals surface area contributed by atoms with Crippen molar-refractivity contribution in [3.05, 3.63) is 0 Å². The van der Waals surface area contributed by atoms with Gasteiger partial charge in [-0.3, -0.25) is 4.79 Å². The zero-order chi connectivity index (χ0) is 12.1. The van der Waals surface area contributed by atoms with Gasteiger partial charge in [-0.25, -0.2) is 9.59 Å². The first-order chi connectivity index (χ1) is 7.50. The van der Waals surface area contributed by atoms with Crippen LogP contribution in [0.3, 0.4) is 0 Å². The monoisotopic (exact) mass is 231 g/mol. The number of rotatable bonds is 3. The van der Waals surface area contributed by atoms with E-state index in [4.69, 9.17) is 10.2 Å². The average Bonchev–Trinajstić information content (AvgIpc) is 2.25. The summed E-state index contributed by atoms with van der Waals surface area (Å²) in [4.78, 5) is 33.9. The fourth-order valence-electron chi connectivity index (χ4n) is 1.20. The minimum absolute atomic E-state index is 0.0605. The molecule has 0 aromatic rings. The number of carbonyl (C=O) groups excluding carboxylic acids is 2. The lowest BCUT2D eigenvalue weighted by Gasteiger charge is -2.26. The van der Waals surface area contributed by atoms with Crippen molar-refractivity contribution in [2.24, 2.45) is 0 Å².